The second-order valence-corrected chi connectivity index (χ2v) is 7.60. The molecule has 2 fully saturated rings. The summed E-state index contributed by atoms with van der Waals surface area (Å²) in [5.74, 6) is -2.25. The minimum atomic E-state index is -2.88. The Morgan fingerprint density at radius 2 is 2.18 bits per heavy atom. The summed E-state index contributed by atoms with van der Waals surface area (Å²) >= 11 is 0. The molecule has 0 spiro atoms. The Hall–Kier alpha value is -2.56. The number of hydrogen-bond donors (Lipinski definition) is 4. The van der Waals surface area contributed by atoms with Gasteiger partial charge in [0.05, 0.1) is 5.92 Å². The summed E-state index contributed by atoms with van der Waals surface area (Å²) in [5, 5.41) is 8.56. The van der Waals surface area contributed by atoms with Gasteiger partial charge in [0.1, 0.15) is 6.04 Å². The Kier molecular flexibility index (Phi) is 5.92. The fourth-order valence-electron chi connectivity index (χ4n) is 3.04. The number of alkyl halides is 2. The number of aromatic nitrogens is 1. The minimum Gasteiger partial charge on any atom is -0.356 e. The Balaban J connectivity index is 1.57. The summed E-state index contributed by atoms with van der Waals surface area (Å²) < 4.78 is 29.6. The molecule has 1 aliphatic heterocycles. The molecule has 3 amide bonds. The molecule has 2 atom stereocenters. The van der Waals surface area contributed by atoms with Crippen LogP contribution in [-0.4, -0.2) is 42.0 Å². The first-order chi connectivity index (χ1) is 13.3. The van der Waals surface area contributed by atoms with E-state index in [9.17, 15) is 23.2 Å². The van der Waals surface area contributed by atoms with Crippen LogP contribution >= 0.6 is 0 Å². The summed E-state index contributed by atoms with van der Waals surface area (Å²) in [6, 6.07) is -0.0262. The molecule has 154 valence electrons. The molecule has 1 aromatic heterocycles. The van der Waals surface area contributed by atoms with Crippen molar-refractivity contribution in [3.63, 3.8) is 0 Å². The van der Waals surface area contributed by atoms with E-state index in [2.05, 4.69) is 31.2 Å². The zero-order valence-corrected chi connectivity index (χ0v) is 15.4. The molecule has 9 nitrogen and oxygen atoms in total. The molecule has 1 aromatic rings. The lowest BCUT2D eigenvalue weighted by atomic mass is 9.98. The molecular weight excluding hydrogens is 376 g/mol. The maximum atomic E-state index is 12.6. The summed E-state index contributed by atoms with van der Waals surface area (Å²) in [6.45, 7) is 2.88. The monoisotopic (exact) mass is 399 g/mol. The Bertz CT molecular complexity index is 750. The molecule has 0 aromatic carbocycles. The van der Waals surface area contributed by atoms with Crippen LogP contribution in [0.15, 0.2) is 10.6 Å². The number of hydrazine groups is 1. The second kappa shape index (κ2) is 8.21. The molecule has 0 bridgehead atoms. The smallest absolute Gasteiger partial charge is 0.298 e. The lowest BCUT2D eigenvalue weighted by Crippen LogP contribution is -2.52. The van der Waals surface area contributed by atoms with Crippen LogP contribution in [0.3, 0.4) is 0 Å². The second-order valence-electron chi connectivity index (χ2n) is 7.60. The molecule has 3 rings (SSSR count). The molecular formula is C17H23F2N5O4. The van der Waals surface area contributed by atoms with Gasteiger partial charge in [0, 0.05) is 19.2 Å². The lowest BCUT2D eigenvalue weighted by Gasteiger charge is -2.21. The van der Waals surface area contributed by atoms with Crippen LogP contribution in [0.4, 0.5) is 8.78 Å². The van der Waals surface area contributed by atoms with Crippen molar-refractivity contribution in [1.82, 2.24) is 26.6 Å². The van der Waals surface area contributed by atoms with Crippen molar-refractivity contribution in [2.45, 2.75) is 45.1 Å². The van der Waals surface area contributed by atoms with Crippen LogP contribution in [0.1, 0.15) is 55.3 Å². The van der Waals surface area contributed by atoms with E-state index in [1.807, 2.05) is 6.92 Å². The fourth-order valence-corrected chi connectivity index (χ4v) is 3.04. The number of halogens is 2. The molecule has 28 heavy (non-hydrogen) atoms. The standard InChI is InChI=1S/C17H23F2N5O4/c1-17(3-4-17)7-11(16(27)23-21-8-9-2-5-20-14(9)25)22-15(26)10-6-12(13(18)19)28-24-10/h6,9,11,13,21H,2-5,7-8H2,1H3,(H,20,25)(H,22,26)(H,23,27). The van der Waals surface area contributed by atoms with Crippen LogP contribution in [0, 0.1) is 11.3 Å². The molecule has 0 radical (unpaired) electrons. The van der Waals surface area contributed by atoms with Gasteiger partial charge in [0.25, 0.3) is 18.2 Å². The van der Waals surface area contributed by atoms with E-state index < -0.39 is 30.0 Å². The van der Waals surface area contributed by atoms with Crippen LogP contribution in [0.25, 0.3) is 0 Å². The van der Waals surface area contributed by atoms with Crippen molar-refractivity contribution in [2.75, 3.05) is 13.1 Å². The van der Waals surface area contributed by atoms with E-state index in [-0.39, 0.29) is 29.5 Å². The molecule has 1 saturated carbocycles. The lowest BCUT2D eigenvalue weighted by molar-refractivity contribution is -0.126. The summed E-state index contributed by atoms with van der Waals surface area (Å²) in [5.41, 5.74) is 4.87. The van der Waals surface area contributed by atoms with Crippen LogP contribution in [-0.2, 0) is 9.59 Å². The first-order valence-electron chi connectivity index (χ1n) is 9.13. The van der Waals surface area contributed by atoms with Gasteiger partial charge in [0.15, 0.2) is 5.69 Å². The predicted octanol–water partition coefficient (Wildman–Crippen LogP) is 0.658. The maximum Gasteiger partial charge on any atom is 0.298 e. The largest absolute Gasteiger partial charge is 0.356 e. The van der Waals surface area contributed by atoms with Gasteiger partial charge in [-0.3, -0.25) is 19.8 Å². The highest BCUT2D eigenvalue weighted by molar-refractivity contribution is 5.96. The quantitative estimate of drug-likeness (QED) is 0.452. The third-order valence-electron chi connectivity index (χ3n) is 5.12. The van der Waals surface area contributed by atoms with Gasteiger partial charge < -0.3 is 15.2 Å². The summed E-state index contributed by atoms with van der Waals surface area (Å²) in [6.07, 6.45) is 0.0632. The first-order valence-corrected chi connectivity index (χ1v) is 9.13. The third kappa shape index (κ3) is 5.03. The maximum absolute atomic E-state index is 12.6. The molecule has 2 aliphatic rings. The van der Waals surface area contributed by atoms with Crippen molar-refractivity contribution in [2.24, 2.45) is 11.3 Å². The van der Waals surface area contributed by atoms with Crippen LogP contribution in [0.5, 0.6) is 0 Å². The first kappa shape index (κ1) is 20.2. The van der Waals surface area contributed by atoms with Crippen molar-refractivity contribution >= 4 is 17.7 Å². The van der Waals surface area contributed by atoms with Gasteiger partial charge in [-0.15, -0.1) is 0 Å². The van der Waals surface area contributed by atoms with Gasteiger partial charge >= 0.3 is 0 Å². The summed E-state index contributed by atoms with van der Waals surface area (Å²) in [7, 11) is 0. The van der Waals surface area contributed by atoms with Gasteiger partial charge in [0.2, 0.25) is 11.7 Å². The molecule has 1 aliphatic carbocycles. The molecule has 11 heteroatoms. The van der Waals surface area contributed by atoms with E-state index >= 15 is 0 Å². The van der Waals surface area contributed by atoms with Crippen molar-refractivity contribution < 1.29 is 27.7 Å². The average Bonchev–Trinajstić information content (AvgIpc) is 3.03. The average molecular weight is 399 g/mol. The highest BCUT2D eigenvalue weighted by atomic mass is 19.3. The van der Waals surface area contributed by atoms with Gasteiger partial charge in [-0.05, 0) is 31.1 Å². The highest BCUT2D eigenvalue weighted by Crippen LogP contribution is 2.48. The van der Waals surface area contributed by atoms with E-state index in [1.54, 1.807) is 0 Å². The van der Waals surface area contributed by atoms with E-state index in [0.29, 0.717) is 19.4 Å². The van der Waals surface area contributed by atoms with Crippen molar-refractivity contribution in [1.29, 1.82) is 0 Å². The van der Waals surface area contributed by atoms with Gasteiger partial charge in [-0.1, -0.05) is 12.1 Å². The van der Waals surface area contributed by atoms with Gasteiger partial charge in [-0.25, -0.2) is 14.2 Å². The van der Waals surface area contributed by atoms with Gasteiger partial charge in [-0.2, -0.15) is 0 Å². The Morgan fingerprint density at radius 3 is 2.75 bits per heavy atom. The number of nitrogens with zero attached hydrogens (tertiary/aromatic N) is 1. The van der Waals surface area contributed by atoms with Crippen molar-refractivity contribution in [3.05, 3.63) is 17.5 Å². The molecule has 1 saturated heterocycles. The van der Waals surface area contributed by atoms with E-state index in [4.69, 9.17) is 0 Å². The minimum absolute atomic E-state index is 0.0570. The Morgan fingerprint density at radius 1 is 1.43 bits per heavy atom. The fraction of sp³-hybridized carbons (Fsp3) is 0.647. The number of hydrogen-bond acceptors (Lipinski definition) is 6. The van der Waals surface area contributed by atoms with Crippen molar-refractivity contribution in [3.8, 4) is 0 Å². The molecule has 4 N–H and O–H groups in total. The number of carbonyl (C=O) groups is 3. The summed E-state index contributed by atoms with van der Waals surface area (Å²) in [4.78, 5) is 36.4. The van der Waals surface area contributed by atoms with E-state index in [0.717, 1.165) is 18.9 Å². The molecule has 2 unspecified atom stereocenters. The zero-order valence-electron chi connectivity index (χ0n) is 15.4. The normalized spacial score (nSPS) is 21.3. The number of rotatable bonds is 9. The third-order valence-corrected chi connectivity index (χ3v) is 5.12. The number of amides is 3. The van der Waals surface area contributed by atoms with Crippen LogP contribution < -0.4 is 21.5 Å². The highest BCUT2D eigenvalue weighted by Gasteiger charge is 2.41. The SMILES string of the molecule is CC1(CC(NC(=O)c2cc(C(F)F)on2)C(=O)NNCC2CCNC2=O)CC1. The topological polar surface area (TPSA) is 125 Å². The number of carbonyl (C=O) groups excluding carboxylic acids is 3. The van der Waals surface area contributed by atoms with Crippen LogP contribution in [0.2, 0.25) is 0 Å². The molecule has 2 heterocycles. The Labute approximate surface area is 159 Å². The van der Waals surface area contributed by atoms with E-state index in [1.165, 1.54) is 0 Å². The zero-order chi connectivity index (χ0) is 20.3. The predicted molar refractivity (Wildman–Crippen MR) is 91.9 cm³/mol. The number of nitrogens with one attached hydrogen (secondary N) is 4.